The van der Waals surface area contributed by atoms with Gasteiger partial charge in [0.05, 0.1) is 36.5 Å². The largest absolute Gasteiger partial charge is 0.497 e. The van der Waals surface area contributed by atoms with Crippen molar-refractivity contribution in [3.05, 3.63) is 54.2 Å². The first-order valence-electron chi connectivity index (χ1n) is 6.31. The van der Waals surface area contributed by atoms with E-state index in [0.29, 0.717) is 6.42 Å². The zero-order valence-electron chi connectivity index (χ0n) is 11.1. The number of ether oxygens (including phenoxy) is 1. The molecule has 0 amide bonds. The summed E-state index contributed by atoms with van der Waals surface area (Å²) in [5, 5.41) is 14.6. The first kappa shape index (κ1) is 12.2. The van der Waals surface area contributed by atoms with Crippen LogP contribution in [0.2, 0.25) is 0 Å². The average molecular weight is 263 g/mol. The molecule has 0 bridgehead atoms. The van der Waals surface area contributed by atoms with E-state index in [0.717, 1.165) is 28.0 Å². The van der Waals surface area contributed by atoms with Crippen molar-refractivity contribution in [2.45, 2.75) is 6.42 Å². The summed E-state index contributed by atoms with van der Waals surface area (Å²) in [5.74, 6) is 0.768. The SMILES string of the molecule is COc1ccc2nn(-c3ccccc3)c(CC#N)c2c1. The Morgan fingerprint density at radius 1 is 1.20 bits per heavy atom. The molecular weight excluding hydrogens is 250 g/mol. The molecule has 4 heteroatoms. The third-order valence-electron chi connectivity index (χ3n) is 3.23. The molecule has 1 aromatic heterocycles. The summed E-state index contributed by atoms with van der Waals surface area (Å²) < 4.78 is 7.08. The molecule has 4 nitrogen and oxygen atoms in total. The Hall–Kier alpha value is -2.80. The molecule has 0 aliphatic rings. The number of hydrogen-bond acceptors (Lipinski definition) is 3. The first-order chi connectivity index (χ1) is 9.83. The van der Waals surface area contributed by atoms with Crippen LogP contribution in [0, 0.1) is 11.3 Å². The third kappa shape index (κ3) is 1.99. The maximum Gasteiger partial charge on any atom is 0.119 e. The highest BCUT2D eigenvalue weighted by Crippen LogP contribution is 2.26. The first-order valence-corrected chi connectivity index (χ1v) is 6.31. The second-order valence-corrected chi connectivity index (χ2v) is 4.41. The fourth-order valence-corrected chi connectivity index (χ4v) is 2.27. The van der Waals surface area contributed by atoms with E-state index in [1.54, 1.807) is 7.11 Å². The Labute approximate surface area is 116 Å². The van der Waals surface area contributed by atoms with Gasteiger partial charge in [0, 0.05) is 5.39 Å². The normalized spacial score (nSPS) is 10.4. The minimum Gasteiger partial charge on any atom is -0.497 e. The van der Waals surface area contributed by atoms with Crippen LogP contribution in [0.5, 0.6) is 5.75 Å². The van der Waals surface area contributed by atoms with E-state index in [-0.39, 0.29) is 0 Å². The molecule has 0 unspecified atom stereocenters. The summed E-state index contributed by atoms with van der Waals surface area (Å²) in [4.78, 5) is 0. The van der Waals surface area contributed by atoms with Gasteiger partial charge in [-0.25, -0.2) is 4.68 Å². The minimum atomic E-state index is 0.304. The van der Waals surface area contributed by atoms with Gasteiger partial charge >= 0.3 is 0 Å². The van der Waals surface area contributed by atoms with Gasteiger partial charge in [-0.15, -0.1) is 0 Å². The van der Waals surface area contributed by atoms with E-state index in [1.165, 1.54) is 0 Å². The molecule has 3 rings (SSSR count). The van der Waals surface area contributed by atoms with Crippen molar-refractivity contribution in [1.29, 1.82) is 5.26 Å². The lowest BCUT2D eigenvalue weighted by atomic mass is 10.1. The molecule has 1 heterocycles. The molecule has 0 fully saturated rings. The van der Waals surface area contributed by atoms with Crippen LogP contribution in [0.25, 0.3) is 16.6 Å². The highest BCUT2D eigenvalue weighted by Gasteiger charge is 2.13. The summed E-state index contributed by atoms with van der Waals surface area (Å²) in [6, 6.07) is 17.7. The van der Waals surface area contributed by atoms with Gasteiger partial charge in [-0.3, -0.25) is 0 Å². The van der Waals surface area contributed by atoms with Crippen LogP contribution in [0.3, 0.4) is 0 Å². The van der Waals surface area contributed by atoms with E-state index < -0.39 is 0 Å². The number of hydrogen-bond donors (Lipinski definition) is 0. The molecule has 0 radical (unpaired) electrons. The molecule has 0 spiro atoms. The van der Waals surface area contributed by atoms with E-state index in [1.807, 2.05) is 53.2 Å². The molecule has 20 heavy (non-hydrogen) atoms. The van der Waals surface area contributed by atoms with Crippen LogP contribution < -0.4 is 4.74 Å². The fourth-order valence-electron chi connectivity index (χ4n) is 2.27. The molecule has 0 aliphatic carbocycles. The van der Waals surface area contributed by atoms with Crippen LogP contribution in [-0.2, 0) is 6.42 Å². The van der Waals surface area contributed by atoms with Crippen LogP contribution >= 0.6 is 0 Å². The summed E-state index contributed by atoms with van der Waals surface area (Å²) in [6.45, 7) is 0. The second kappa shape index (κ2) is 5.06. The number of nitriles is 1. The second-order valence-electron chi connectivity index (χ2n) is 4.41. The average Bonchev–Trinajstić information content (AvgIpc) is 2.86. The third-order valence-corrected chi connectivity index (χ3v) is 3.23. The number of aromatic nitrogens is 2. The number of fused-ring (bicyclic) bond motifs is 1. The molecule has 3 aromatic rings. The maximum absolute atomic E-state index is 9.07. The van der Waals surface area contributed by atoms with Crippen molar-refractivity contribution < 1.29 is 4.74 Å². The minimum absolute atomic E-state index is 0.304. The smallest absolute Gasteiger partial charge is 0.119 e. The standard InChI is InChI=1S/C16H13N3O/c1-20-13-7-8-15-14(11-13)16(9-10-17)19(18-15)12-5-3-2-4-6-12/h2-8,11H,9H2,1H3. The zero-order valence-corrected chi connectivity index (χ0v) is 11.1. The van der Waals surface area contributed by atoms with Gasteiger partial charge in [0.2, 0.25) is 0 Å². The van der Waals surface area contributed by atoms with E-state index in [2.05, 4.69) is 11.2 Å². The van der Waals surface area contributed by atoms with E-state index in [9.17, 15) is 0 Å². The lowest BCUT2D eigenvalue weighted by Crippen LogP contribution is -2.01. The van der Waals surface area contributed by atoms with Crippen LogP contribution in [0.1, 0.15) is 5.69 Å². The lowest BCUT2D eigenvalue weighted by Gasteiger charge is -2.04. The number of rotatable bonds is 3. The van der Waals surface area contributed by atoms with Crippen molar-refractivity contribution in [3.63, 3.8) is 0 Å². The van der Waals surface area contributed by atoms with Crippen molar-refractivity contribution in [2.24, 2.45) is 0 Å². The number of benzene rings is 2. The Morgan fingerprint density at radius 2 is 2.00 bits per heavy atom. The van der Waals surface area contributed by atoms with Crippen molar-refractivity contribution in [2.75, 3.05) is 7.11 Å². The topological polar surface area (TPSA) is 50.8 Å². The fraction of sp³-hybridized carbons (Fsp3) is 0.125. The van der Waals surface area contributed by atoms with Gasteiger partial charge < -0.3 is 4.74 Å². The quantitative estimate of drug-likeness (QED) is 0.729. The van der Waals surface area contributed by atoms with Crippen molar-refractivity contribution in [1.82, 2.24) is 9.78 Å². The molecule has 0 aliphatic heterocycles. The predicted octanol–water partition coefficient (Wildman–Crippen LogP) is 3.10. The Morgan fingerprint density at radius 3 is 2.70 bits per heavy atom. The summed E-state index contributed by atoms with van der Waals surface area (Å²) in [5.41, 5.74) is 2.69. The Balaban J connectivity index is 2.27. The van der Waals surface area contributed by atoms with Gasteiger partial charge in [-0.05, 0) is 30.3 Å². The van der Waals surface area contributed by atoms with Gasteiger partial charge in [-0.2, -0.15) is 10.4 Å². The van der Waals surface area contributed by atoms with Crippen LogP contribution in [-0.4, -0.2) is 16.9 Å². The molecule has 98 valence electrons. The monoisotopic (exact) mass is 263 g/mol. The number of nitrogens with zero attached hydrogens (tertiary/aromatic N) is 3. The van der Waals surface area contributed by atoms with Crippen molar-refractivity contribution >= 4 is 10.9 Å². The van der Waals surface area contributed by atoms with Crippen LogP contribution in [0.15, 0.2) is 48.5 Å². The lowest BCUT2D eigenvalue weighted by molar-refractivity contribution is 0.415. The summed E-state index contributed by atoms with van der Waals surface area (Å²) in [7, 11) is 1.63. The van der Waals surface area contributed by atoms with E-state index >= 15 is 0 Å². The molecule has 0 N–H and O–H groups in total. The maximum atomic E-state index is 9.07. The van der Waals surface area contributed by atoms with E-state index in [4.69, 9.17) is 10.00 Å². The summed E-state index contributed by atoms with van der Waals surface area (Å²) in [6.07, 6.45) is 0.304. The summed E-state index contributed by atoms with van der Waals surface area (Å²) >= 11 is 0. The number of methoxy groups -OCH3 is 1. The molecule has 2 aromatic carbocycles. The predicted molar refractivity (Wildman–Crippen MR) is 76.9 cm³/mol. The zero-order chi connectivity index (χ0) is 13.9. The Kier molecular flexibility index (Phi) is 3.10. The van der Waals surface area contributed by atoms with Gasteiger partial charge in [-0.1, -0.05) is 18.2 Å². The molecule has 0 saturated carbocycles. The van der Waals surface area contributed by atoms with Gasteiger partial charge in [0.1, 0.15) is 5.75 Å². The number of para-hydroxylation sites is 1. The van der Waals surface area contributed by atoms with Crippen molar-refractivity contribution in [3.8, 4) is 17.5 Å². The Bertz CT molecular complexity index is 785. The van der Waals surface area contributed by atoms with Gasteiger partial charge in [0.25, 0.3) is 0 Å². The van der Waals surface area contributed by atoms with Gasteiger partial charge in [0.15, 0.2) is 0 Å². The highest BCUT2D eigenvalue weighted by atomic mass is 16.5. The highest BCUT2D eigenvalue weighted by molar-refractivity contribution is 5.84. The molecule has 0 saturated heterocycles. The molecular formula is C16H13N3O. The van der Waals surface area contributed by atoms with Crippen LogP contribution in [0.4, 0.5) is 0 Å². The molecule has 0 atom stereocenters.